The van der Waals surface area contributed by atoms with Gasteiger partial charge in [0.2, 0.25) is 0 Å². The van der Waals surface area contributed by atoms with Crippen molar-refractivity contribution in [1.29, 1.82) is 0 Å². The average molecular weight is 527 g/mol. The fourth-order valence-electron chi connectivity index (χ4n) is 5.03. The van der Waals surface area contributed by atoms with Crippen molar-refractivity contribution in [2.24, 2.45) is 11.1 Å². The number of rotatable bonds is 9. The number of aromatic nitrogens is 2. The maximum absolute atomic E-state index is 10.4. The molecule has 2 aliphatic rings. The molecule has 0 bridgehead atoms. The summed E-state index contributed by atoms with van der Waals surface area (Å²) in [7, 11) is 0. The van der Waals surface area contributed by atoms with E-state index in [0.29, 0.717) is 56.0 Å². The highest BCUT2D eigenvalue weighted by Crippen LogP contribution is 2.36. The van der Waals surface area contributed by atoms with E-state index in [1.165, 1.54) is 32.1 Å². The number of hydrogen-bond acceptors (Lipinski definition) is 8. The van der Waals surface area contributed by atoms with Crippen molar-refractivity contribution in [3.63, 3.8) is 0 Å². The quantitative estimate of drug-likeness (QED) is 0.225. The summed E-state index contributed by atoms with van der Waals surface area (Å²) in [6.45, 7) is 5.00. The van der Waals surface area contributed by atoms with Crippen LogP contribution in [-0.4, -0.2) is 43.1 Å². The van der Waals surface area contributed by atoms with Crippen LogP contribution in [0.15, 0.2) is 47.6 Å². The summed E-state index contributed by atoms with van der Waals surface area (Å²) in [6.07, 6.45) is 6.22. The zero-order chi connectivity index (χ0) is 26.9. The molecule has 8 nitrogen and oxygen atoms in total. The number of nitroso groups, excluding NO2 is 1. The van der Waals surface area contributed by atoms with Crippen LogP contribution in [0.25, 0.3) is 11.1 Å². The molecule has 1 saturated carbocycles. The molecular weight excluding hydrogens is 492 g/mol. The minimum absolute atomic E-state index is 0.208. The molecule has 0 amide bonds. The van der Waals surface area contributed by atoms with Crippen LogP contribution >= 0.6 is 0 Å². The summed E-state index contributed by atoms with van der Waals surface area (Å²) in [4.78, 5) is 10.4. The first-order valence-electron chi connectivity index (χ1n) is 13.7. The highest BCUT2D eigenvalue weighted by Gasteiger charge is 2.17. The van der Waals surface area contributed by atoms with Gasteiger partial charge in [0, 0.05) is 24.7 Å². The van der Waals surface area contributed by atoms with E-state index >= 15 is 0 Å². The third-order valence-corrected chi connectivity index (χ3v) is 7.21. The Morgan fingerprint density at radius 3 is 2.72 bits per heavy atom. The van der Waals surface area contributed by atoms with Crippen molar-refractivity contribution in [2.75, 3.05) is 32.9 Å². The number of fused-ring (bicyclic) bond motifs is 1. The van der Waals surface area contributed by atoms with E-state index in [4.69, 9.17) is 14.2 Å². The maximum Gasteiger partial charge on any atom is 0.161 e. The van der Waals surface area contributed by atoms with Crippen LogP contribution < -0.4 is 19.5 Å². The Morgan fingerprint density at radius 2 is 1.87 bits per heavy atom. The minimum atomic E-state index is 0.208. The van der Waals surface area contributed by atoms with Crippen LogP contribution in [0.5, 0.6) is 17.2 Å². The lowest BCUT2D eigenvalue weighted by Crippen LogP contribution is -2.20. The zero-order valence-electron chi connectivity index (χ0n) is 22.4. The number of hydrogen-bond donors (Lipinski definition) is 1. The number of nitrogens with one attached hydrogen (secondary N) is 1. The largest absolute Gasteiger partial charge is 0.491 e. The molecule has 1 aliphatic carbocycles. The Hall–Kier alpha value is -3.96. The molecule has 5 rings (SSSR count). The van der Waals surface area contributed by atoms with Crippen LogP contribution in [0.1, 0.15) is 54.6 Å². The topological polar surface area (TPSA) is 94.9 Å². The molecular formula is C31H34N4O4. The van der Waals surface area contributed by atoms with Gasteiger partial charge in [-0.3, -0.25) is 0 Å². The molecule has 0 saturated heterocycles. The molecule has 1 aromatic heterocycles. The minimum Gasteiger partial charge on any atom is -0.491 e. The van der Waals surface area contributed by atoms with Gasteiger partial charge in [-0.15, -0.1) is 10.2 Å². The average Bonchev–Trinajstić information content (AvgIpc) is 2.98. The molecule has 2 aromatic carbocycles. The van der Waals surface area contributed by atoms with E-state index in [9.17, 15) is 4.91 Å². The second-order valence-electron chi connectivity index (χ2n) is 9.97. The second kappa shape index (κ2) is 13.2. The first-order chi connectivity index (χ1) is 19.2. The lowest BCUT2D eigenvalue weighted by Gasteiger charge is -2.22. The van der Waals surface area contributed by atoms with Gasteiger partial charge in [0.25, 0.3) is 0 Å². The summed E-state index contributed by atoms with van der Waals surface area (Å²) in [6, 6.07) is 14.0. The standard InChI is InChI=1S/C31H34N4O4/c1-22-24(8-5-9-27(22)25-11-13-29-31(18-25)38-17-16-37-29)10-12-26-19-30(39-21-23-6-3-2-4-7-23)28(35-34-26)20-32-14-15-33-36/h5,8-9,11,13,18-19,23,32H,2-4,6-7,14-17,20-21H2,1H3. The van der Waals surface area contributed by atoms with Gasteiger partial charge in [0.15, 0.2) is 11.5 Å². The Labute approximate surface area is 229 Å². The third kappa shape index (κ3) is 6.92. The number of nitrogens with zero attached hydrogens (tertiary/aromatic N) is 3. The molecule has 39 heavy (non-hydrogen) atoms. The normalized spacial score (nSPS) is 14.8. The molecule has 1 fully saturated rings. The second-order valence-corrected chi connectivity index (χ2v) is 9.97. The smallest absolute Gasteiger partial charge is 0.161 e. The summed E-state index contributed by atoms with van der Waals surface area (Å²) >= 11 is 0. The van der Waals surface area contributed by atoms with Crippen LogP contribution in [0.2, 0.25) is 0 Å². The van der Waals surface area contributed by atoms with Crippen molar-refractivity contribution >= 4 is 0 Å². The van der Waals surface area contributed by atoms with Crippen molar-refractivity contribution < 1.29 is 14.2 Å². The van der Waals surface area contributed by atoms with Gasteiger partial charge in [0.05, 0.1) is 13.2 Å². The fraction of sp³-hybridized carbons (Fsp3) is 0.419. The lowest BCUT2D eigenvalue weighted by atomic mass is 9.90. The van der Waals surface area contributed by atoms with E-state index in [2.05, 4.69) is 45.5 Å². The Kier molecular flexibility index (Phi) is 9.02. The van der Waals surface area contributed by atoms with Crippen LogP contribution in [0.3, 0.4) is 0 Å². The van der Waals surface area contributed by atoms with E-state index in [-0.39, 0.29) is 6.54 Å². The third-order valence-electron chi connectivity index (χ3n) is 7.21. The van der Waals surface area contributed by atoms with Crippen molar-refractivity contribution in [2.45, 2.75) is 45.6 Å². The number of ether oxygens (including phenoxy) is 3. The fourth-order valence-corrected chi connectivity index (χ4v) is 5.03. The van der Waals surface area contributed by atoms with Crippen LogP contribution in [-0.2, 0) is 6.54 Å². The highest BCUT2D eigenvalue weighted by atomic mass is 16.6. The van der Waals surface area contributed by atoms with E-state index in [0.717, 1.165) is 33.8 Å². The SMILES string of the molecule is Cc1c(C#Cc2cc(OCC3CCCCC3)c(CNCCN=O)nn2)cccc1-c1ccc2c(c1)OCCO2. The first-order valence-corrected chi connectivity index (χ1v) is 13.7. The summed E-state index contributed by atoms with van der Waals surface area (Å²) in [5.74, 6) is 9.27. The molecule has 0 atom stereocenters. The van der Waals surface area contributed by atoms with Crippen molar-refractivity contribution in [1.82, 2.24) is 15.5 Å². The molecule has 1 N–H and O–H groups in total. The van der Waals surface area contributed by atoms with Crippen LogP contribution in [0.4, 0.5) is 0 Å². The van der Waals surface area contributed by atoms with Crippen molar-refractivity contribution in [3.05, 3.63) is 69.9 Å². The number of benzene rings is 2. The maximum atomic E-state index is 10.4. The molecule has 8 heteroatoms. The molecule has 1 aliphatic heterocycles. The highest BCUT2D eigenvalue weighted by molar-refractivity contribution is 5.72. The van der Waals surface area contributed by atoms with E-state index in [1.54, 1.807) is 0 Å². The monoisotopic (exact) mass is 526 g/mol. The predicted octanol–water partition coefficient (Wildman–Crippen LogP) is 5.44. The molecule has 0 spiro atoms. The van der Waals surface area contributed by atoms with E-state index in [1.807, 2.05) is 36.4 Å². The van der Waals surface area contributed by atoms with Gasteiger partial charge in [-0.2, -0.15) is 4.91 Å². The molecule has 202 valence electrons. The Morgan fingerprint density at radius 1 is 1.03 bits per heavy atom. The summed E-state index contributed by atoms with van der Waals surface area (Å²) in [5, 5.41) is 14.8. The molecule has 0 unspecified atom stereocenters. The Balaban J connectivity index is 1.36. The summed E-state index contributed by atoms with van der Waals surface area (Å²) < 4.78 is 17.7. The van der Waals surface area contributed by atoms with E-state index < -0.39 is 0 Å². The lowest BCUT2D eigenvalue weighted by molar-refractivity contribution is 0.171. The summed E-state index contributed by atoms with van der Waals surface area (Å²) in [5.41, 5.74) is 5.40. The van der Waals surface area contributed by atoms with Gasteiger partial charge < -0.3 is 19.5 Å². The van der Waals surface area contributed by atoms with Gasteiger partial charge in [0.1, 0.15) is 30.4 Å². The molecule has 2 heterocycles. The van der Waals surface area contributed by atoms with Gasteiger partial charge >= 0.3 is 0 Å². The molecule has 0 radical (unpaired) electrons. The van der Waals surface area contributed by atoms with Gasteiger partial charge in [-0.25, -0.2) is 0 Å². The van der Waals surface area contributed by atoms with Gasteiger partial charge in [-0.05, 0) is 66.5 Å². The Bertz CT molecular complexity index is 1360. The van der Waals surface area contributed by atoms with Crippen LogP contribution in [0, 0.1) is 29.6 Å². The van der Waals surface area contributed by atoms with Gasteiger partial charge in [-0.1, -0.05) is 48.6 Å². The van der Waals surface area contributed by atoms with Crippen molar-refractivity contribution in [3.8, 4) is 40.2 Å². The molecule has 3 aromatic rings. The first kappa shape index (κ1) is 26.6. The zero-order valence-corrected chi connectivity index (χ0v) is 22.4. The predicted molar refractivity (Wildman–Crippen MR) is 150 cm³/mol.